The van der Waals surface area contributed by atoms with Crippen LogP contribution in [0.3, 0.4) is 0 Å². The predicted octanol–water partition coefficient (Wildman–Crippen LogP) is 0.546. The summed E-state index contributed by atoms with van der Waals surface area (Å²) in [6, 6.07) is 2.04. The second kappa shape index (κ2) is 7.20. The van der Waals surface area contributed by atoms with Crippen LogP contribution in [0.5, 0.6) is 0 Å². The molecule has 1 aliphatic rings. The molecule has 0 aliphatic carbocycles. The van der Waals surface area contributed by atoms with Crippen LogP contribution >= 0.6 is 0 Å². The molecule has 3 aromatic rings. The lowest BCUT2D eigenvalue weighted by Crippen LogP contribution is -2.43. The SMILES string of the molecule is Cc1nc(CCNC2CCN(c3ncnc4nc[nH]c34)CC2)cc(=O)[nH]1. The number of hydrogen-bond donors (Lipinski definition) is 3. The van der Waals surface area contributed by atoms with Crippen LogP contribution in [0.4, 0.5) is 5.82 Å². The minimum atomic E-state index is -0.0872. The standard InChI is InChI=1S/C17H22N8O/c1-11-23-13(8-14(26)24-11)2-5-18-12-3-6-25(7-4-12)17-15-16(20-9-19-15)21-10-22-17/h8-10,12,18H,2-7H2,1H3,(H,23,24,26)(H,19,20,21,22). The number of aromatic amines is 2. The third-order valence-corrected chi connectivity index (χ3v) is 4.72. The van der Waals surface area contributed by atoms with Gasteiger partial charge in [0.1, 0.15) is 17.7 Å². The average molecular weight is 354 g/mol. The molecule has 4 heterocycles. The first kappa shape index (κ1) is 16.6. The monoisotopic (exact) mass is 354 g/mol. The van der Waals surface area contributed by atoms with E-state index in [1.54, 1.807) is 25.6 Å². The number of nitrogens with zero attached hydrogens (tertiary/aromatic N) is 5. The Labute approximate surface area is 150 Å². The summed E-state index contributed by atoms with van der Waals surface area (Å²) in [5, 5.41) is 3.58. The number of hydrogen-bond acceptors (Lipinski definition) is 7. The van der Waals surface area contributed by atoms with E-state index in [9.17, 15) is 4.79 Å². The minimum Gasteiger partial charge on any atom is -0.355 e. The van der Waals surface area contributed by atoms with Crippen LogP contribution in [-0.2, 0) is 6.42 Å². The van der Waals surface area contributed by atoms with Crippen LogP contribution < -0.4 is 15.8 Å². The van der Waals surface area contributed by atoms with Crippen LogP contribution in [0.2, 0.25) is 0 Å². The van der Waals surface area contributed by atoms with Gasteiger partial charge in [0.2, 0.25) is 0 Å². The fourth-order valence-corrected chi connectivity index (χ4v) is 3.46. The molecule has 0 saturated carbocycles. The number of aryl methyl sites for hydroxylation is 1. The van der Waals surface area contributed by atoms with Crippen LogP contribution in [0.15, 0.2) is 23.5 Å². The van der Waals surface area contributed by atoms with Crippen LogP contribution in [0.25, 0.3) is 11.2 Å². The van der Waals surface area contributed by atoms with E-state index in [1.165, 1.54) is 0 Å². The van der Waals surface area contributed by atoms with Crippen molar-refractivity contribution in [1.82, 2.24) is 35.2 Å². The van der Waals surface area contributed by atoms with E-state index in [0.29, 0.717) is 17.5 Å². The van der Waals surface area contributed by atoms with Gasteiger partial charge in [-0.05, 0) is 19.8 Å². The minimum absolute atomic E-state index is 0.0872. The molecule has 0 bridgehead atoms. The molecule has 0 radical (unpaired) electrons. The maximum atomic E-state index is 11.5. The van der Waals surface area contributed by atoms with Gasteiger partial charge in [0, 0.05) is 43.9 Å². The third kappa shape index (κ3) is 3.57. The van der Waals surface area contributed by atoms with E-state index in [1.807, 2.05) is 0 Å². The summed E-state index contributed by atoms with van der Waals surface area (Å²) in [6.45, 7) is 4.49. The van der Waals surface area contributed by atoms with E-state index in [2.05, 4.69) is 40.1 Å². The van der Waals surface area contributed by atoms with Gasteiger partial charge < -0.3 is 20.2 Å². The quantitative estimate of drug-likeness (QED) is 0.612. The maximum Gasteiger partial charge on any atom is 0.251 e. The molecule has 3 aromatic heterocycles. The molecule has 1 saturated heterocycles. The van der Waals surface area contributed by atoms with Gasteiger partial charge in [0.15, 0.2) is 11.5 Å². The highest BCUT2D eigenvalue weighted by molar-refractivity contribution is 5.82. The highest BCUT2D eigenvalue weighted by atomic mass is 16.1. The average Bonchev–Trinajstić information content (AvgIpc) is 3.10. The Bertz CT molecular complexity index is 941. The summed E-state index contributed by atoms with van der Waals surface area (Å²) >= 11 is 0. The number of H-pyrrole nitrogens is 2. The summed E-state index contributed by atoms with van der Waals surface area (Å²) in [5.41, 5.74) is 2.35. The zero-order valence-corrected chi connectivity index (χ0v) is 14.7. The number of rotatable bonds is 5. The summed E-state index contributed by atoms with van der Waals surface area (Å²) in [6.07, 6.45) is 6.07. The Kier molecular flexibility index (Phi) is 4.61. The lowest BCUT2D eigenvalue weighted by atomic mass is 10.0. The molecule has 0 spiro atoms. The predicted molar refractivity (Wildman–Crippen MR) is 98.2 cm³/mol. The Morgan fingerprint density at radius 1 is 1.27 bits per heavy atom. The Morgan fingerprint density at radius 3 is 2.92 bits per heavy atom. The third-order valence-electron chi connectivity index (χ3n) is 4.72. The van der Waals surface area contributed by atoms with E-state index < -0.39 is 0 Å². The van der Waals surface area contributed by atoms with Gasteiger partial charge in [-0.3, -0.25) is 4.79 Å². The van der Waals surface area contributed by atoms with Crippen molar-refractivity contribution < 1.29 is 0 Å². The van der Waals surface area contributed by atoms with E-state index >= 15 is 0 Å². The number of anilines is 1. The molecule has 136 valence electrons. The molecule has 0 amide bonds. The Hall–Kier alpha value is -2.81. The Morgan fingerprint density at radius 2 is 2.12 bits per heavy atom. The molecule has 0 unspecified atom stereocenters. The summed E-state index contributed by atoms with van der Waals surface area (Å²) in [5.74, 6) is 1.59. The molecule has 0 atom stereocenters. The molecule has 26 heavy (non-hydrogen) atoms. The largest absolute Gasteiger partial charge is 0.355 e. The normalized spacial score (nSPS) is 15.7. The van der Waals surface area contributed by atoms with Gasteiger partial charge in [0.05, 0.1) is 6.33 Å². The summed E-state index contributed by atoms with van der Waals surface area (Å²) in [7, 11) is 0. The first-order chi connectivity index (χ1) is 12.7. The second-order valence-electron chi connectivity index (χ2n) is 6.59. The lowest BCUT2D eigenvalue weighted by Gasteiger charge is -2.33. The molecule has 1 aliphatic heterocycles. The summed E-state index contributed by atoms with van der Waals surface area (Å²) < 4.78 is 0. The van der Waals surface area contributed by atoms with Gasteiger partial charge in [-0.15, -0.1) is 0 Å². The molecular formula is C17H22N8O. The van der Waals surface area contributed by atoms with Crippen molar-refractivity contribution in [3.8, 4) is 0 Å². The number of piperidine rings is 1. The van der Waals surface area contributed by atoms with Crippen LogP contribution in [-0.4, -0.2) is 55.6 Å². The molecule has 3 N–H and O–H groups in total. The van der Waals surface area contributed by atoms with Gasteiger partial charge >= 0.3 is 0 Å². The molecular weight excluding hydrogens is 332 g/mol. The highest BCUT2D eigenvalue weighted by Crippen LogP contribution is 2.23. The van der Waals surface area contributed by atoms with Crippen molar-refractivity contribution in [3.05, 3.63) is 40.6 Å². The van der Waals surface area contributed by atoms with Crippen molar-refractivity contribution in [2.75, 3.05) is 24.5 Å². The number of fused-ring (bicyclic) bond motifs is 1. The molecule has 1 fully saturated rings. The van der Waals surface area contributed by atoms with Gasteiger partial charge in [-0.2, -0.15) is 0 Å². The molecule has 4 rings (SSSR count). The van der Waals surface area contributed by atoms with E-state index in [4.69, 9.17) is 0 Å². The zero-order chi connectivity index (χ0) is 17.9. The molecule has 9 heteroatoms. The zero-order valence-electron chi connectivity index (χ0n) is 14.7. The van der Waals surface area contributed by atoms with Crippen molar-refractivity contribution in [3.63, 3.8) is 0 Å². The highest BCUT2D eigenvalue weighted by Gasteiger charge is 2.21. The van der Waals surface area contributed by atoms with Crippen LogP contribution in [0, 0.1) is 6.92 Å². The van der Waals surface area contributed by atoms with E-state index in [-0.39, 0.29) is 5.56 Å². The summed E-state index contributed by atoms with van der Waals surface area (Å²) in [4.78, 5) is 36.7. The smallest absolute Gasteiger partial charge is 0.251 e. The van der Waals surface area contributed by atoms with E-state index in [0.717, 1.165) is 55.9 Å². The molecule has 9 nitrogen and oxygen atoms in total. The topological polar surface area (TPSA) is 115 Å². The van der Waals surface area contributed by atoms with Crippen molar-refractivity contribution in [2.24, 2.45) is 0 Å². The molecule has 0 aromatic carbocycles. The number of aromatic nitrogens is 6. The van der Waals surface area contributed by atoms with Crippen molar-refractivity contribution in [2.45, 2.75) is 32.2 Å². The van der Waals surface area contributed by atoms with Gasteiger partial charge in [0.25, 0.3) is 5.56 Å². The maximum absolute atomic E-state index is 11.5. The fourth-order valence-electron chi connectivity index (χ4n) is 3.46. The number of nitrogens with one attached hydrogen (secondary N) is 3. The lowest BCUT2D eigenvalue weighted by molar-refractivity contribution is 0.416. The Balaban J connectivity index is 1.30. The van der Waals surface area contributed by atoms with Gasteiger partial charge in [-0.1, -0.05) is 0 Å². The fraction of sp³-hybridized carbons (Fsp3) is 0.471. The first-order valence-electron chi connectivity index (χ1n) is 8.88. The number of imidazole rings is 1. The first-order valence-corrected chi connectivity index (χ1v) is 8.88. The van der Waals surface area contributed by atoms with Gasteiger partial charge in [-0.25, -0.2) is 19.9 Å². The second-order valence-corrected chi connectivity index (χ2v) is 6.59. The van der Waals surface area contributed by atoms with Crippen molar-refractivity contribution >= 4 is 17.0 Å². The van der Waals surface area contributed by atoms with Crippen LogP contribution in [0.1, 0.15) is 24.4 Å². The van der Waals surface area contributed by atoms with Crippen molar-refractivity contribution in [1.29, 1.82) is 0 Å².